The van der Waals surface area contributed by atoms with E-state index in [4.69, 9.17) is 0 Å². The molecule has 2 heterocycles. The van der Waals surface area contributed by atoms with Crippen LogP contribution in [0.3, 0.4) is 0 Å². The summed E-state index contributed by atoms with van der Waals surface area (Å²) in [6.07, 6.45) is 5.39. The molecule has 0 bridgehead atoms. The normalized spacial score (nSPS) is 22.6. The third kappa shape index (κ3) is 3.74. The lowest BCUT2D eigenvalue weighted by molar-refractivity contribution is -0.119. The largest absolute Gasteiger partial charge is 0.348 e. The fourth-order valence-corrected chi connectivity index (χ4v) is 3.60. The molecule has 1 aromatic carbocycles. The van der Waals surface area contributed by atoms with Crippen LogP contribution in [0.1, 0.15) is 38.5 Å². The predicted molar refractivity (Wildman–Crippen MR) is 96.4 cm³/mol. The SMILES string of the molecule is O=C(NC1CCN(C2CC2)CC1)C1=NN(c2ccccc2)C(=O)CC1. The molecule has 2 amide bonds. The molecule has 0 aromatic heterocycles. The first-order valence-electron chi connectivity index (χ1n) is 9.21. The summed E-state index contributed by atoms with van der Waals surface area (Å²) in [5, 5.41) is 8.81. The van der Waals surface area contributed by atoms with Gasteiger partial charge in [-0.3, -0.25) is 9.59 Å². The molecule has 0 radical (unpaired) electrons. The fourth-order valence-electron chi connectivity index (χ4n) is 3.60. The minimum Gasteiger partial charge on any atom is -0.348 e. The van der Waals surface area contributed by atoms with E-state index in [-0.39, 0.29) is 17.9 Å². The van der Waals surface area contributed by atoms with Crippen molar-refractivity contribution in [2.75, 3.05) is 18.1 Å². The van der Waals surface area contributed by atoms with Crippen molar-refractivity contribution in [2.24, 2.45) is 5.10 Å². The Balaban J connectivity index is 1.38. The number of carbonyl (C=O) groups is 2. The molecule has 0 spiro atoms. The zero-order valence-electron chi connectivity index (χ0n) is 14.4. The molecule has 2 fully saturated rings. The Kier molecular flexibility index (Phi) is 4.53. The molecule has 6 heteroatoms. The van der Waals surface area contributed by atoms with E-state index >= 15 is 0 Å². The van der Waals surface area contributed by atoms with Crippen LogP contribution in [0, 0.1) is 0 Å². The van der Waals surface area contributed by atoms with E-state index in [0.717, 1.165) is 32.0 Å². The molecule has 4 rings (SSSR count). The fraction of sp³-hybridized carbons (Fsp3) is 0.526. The van der Waals surface area contributed by atoms with E-state index < -0.39 is 0 Å². The average molecular weight is 340 g/mol. The maximum Gasteiger partial charge on any atom is 0.267 e. The molecule has 1 saturated carbocycles. The number of nitrogens with zero attached hydrogens (tertiary/aromatic N) is 3. The van der Waals surface area contributed by atoms with Gasteiger partial charge in [0.25, 0.3) is 5.91 Å². The van der Waals surface area contributed by atoms with Crippen LogP contribution in [-0.2, 0) is 9.59 Å². The highest BCUT2D eigenvalue weighted by atomic mass is 16.2. The molecule has 3 aliphatic rings. The maximum absolute atomic E-state index is 12.6. The molecule has 1 N–H and O–H groups in total. The summed E-state index contributed by atoms with van der Waals surface area (Å²) >= 11 is 0. The number of benzene rings is 1. The zero-order chi connectivity index (χ0) is 17.2. The van der Waals surface area contributed by atoms with E-state index in [1.54, 1.807) is 0 Å². The summed E-state index contributed by atoms with van der Waals surface area (Å²) in [4.78, 5) is 27.3. The number of amides is 2. The highest BCUT2D eigenvalue weighted by Crippen LogP contribution is 2.29. The van der Waals surface area contributed by atoms with Gasteiger partial charge in [-0.15, -0.1) is 0 Å². The van der Waals surface area contributed by atoms with Gasteiger partial charge >= 0.3 is 0 Å². The lowest BCUT2D eigenvalue weighted by atomic mass is 10.0. The van der Waals surface area contributed by atoms with Crippen molar-refractivity contribution >= 4 is 23.2 Å². The number of rotatable bonds is 4. The van der Waals surface area contributed by atoms with Crippen LogP contribution in [0.4, 0.5) is 5.69 Å². The molecule has 132 valence electrons. The van der Waals surface area contributed by atoms with Crippen molar-refractivity contribution in [1.82, 2.24) is 10.2 Å². The molecule has 25 heavy (non-hydrogen) atoms. The van der Waals surface area contributed by atoms with Crippen LogP contribution in [-0.4, -0.2) is 47.6 Å². The number of carbonyl (C=O) groups excluding carboxylic acids is 2. The van der Waals surface area contributed by atoms with Crippen LogP contribution in [0.25, 0.3) is 0 Å². The Morgan fingerprint density at radius 1 is 1.04 bits per heavy atom. The van der Waals surface area contributed by atoms with E-state index in [1.807, 2.05) is 30.3 Å². The lowest BCUT2D eigenvalue weighted by Gasteiger charge is -2.32. The zero-order valence-corrected chi connectivity index (χ0v) is 14.4. The van der Waals surface area contributed by atoms with Crippen molar-refractivity contribution in [3.63, 3.8) is 0 Å². The van der Waals surface area contributed by atoms with Crippen LogP contribution in [0.15, 0.2) is 35.4 Å². The monoisotopic (exact) mass is 340 g/mol. The van der Waals surface area contributed by atoms with Gasteiger partial charge in [-0.2, -0.15) is 5.10 Å². The summed E-state index contributed by atoms with van der Waals surface area (Å²) in [6, 6.07) is 10.3. The minimum absolute atomic E-state index is 0.0690. The Labute approximate surface area is 147 Å². The van der Waals surface area contributed by atoms with Gasteiger partial charge < -0.3 is 10.2 Å². The first-order chi connectivity index (χ1) is 12.2. The van der Waals surface area contributed by atoms with E-state index in [1.165, 1.54) is 17.9 Å². The first kappa shape index (κ1) is 16.3. The van der Waals surface area contributed by atoms with E-state index in [9.17, 15) is 9.59 Å². The minimum atomic E-state index is -0.127. The van der Waals surface area contributed by atoms with Crippen molar-refractivity contribution in [2.45, 2.75) is 50.6 Å². The summed E-state index contributed by atoms with van der Waals surface area (Å²) in [7, 11) is 0. The van der Waals surface area contributed by atoms with Gasteiger partial charge in [0.05, 0.1) is 5.69 Å². The summed E-state index contributed by atoms with van der Waals surface area (Å²) in [5.74, 6) is -0.196. The molecule has 6 nitrogen and oxygen atoms in total. The van der Waals surface area contributed by atoms with Crippen LogP contribution in [0.2, 0.25) is 0 Å². The Hall–Kier alpha value is -2.21. The molecular formula is C19H24N4O2. The van der Waals surface area contributed by atoms with Crippen molar-refractivity contribution in [3.8, 4) is 0 Å². The number of anilines is 1. The highest BCUT2D eigenvalue weighted by Gasteiger charge is 2.33. The Bertz CT molecular complexity index is 676. The van der Waals surface area contributed by atoms with Gasteiger partial charge in [0, 0.05) is 38.0 Å². The van der Waals surface area contributed by atoms with Gasteiger partial charge in [-0.1, -0.05) is 18.2 Å². The average Bonchev–Trinajstić information content (AvgIpc) is 3.48. The summed E-state index contributed by atoms with van der Waals surface area (Å²) < 4.78 is 0. The lowest BCUT2D eigenvalue weighted by Crippen LogP contribution is -2.48. The molecule has 1 aliphatic carbocycles. The second-order valence-electron chi connectivity index (χ2n) is 7.10. The number of likely N-dealkylation sites (tertiary alicyclic amines) is 1. The Morgan fingerprint density at radius 2 is 1.76 bits per heavy atom. The maximum atomic E-state index is 12.6. The van der Waals surface area contributed by atoms with Gasteiger partial charge in [0.1, 0.15) is 5.71 Å². The third-order valence-corrected chi connectivity index (χ3v) is 5.22. The Morgan fingerprint density at radius 3 is 2.44 bits per heavy atom. The molecular weight excluding hydrogens is 316 g/mol. The number of nitrogens with one attached hydrogen (secondary N) is 1. The standard InChI is InChI=1S/C19H24N4O2/c24-18-9-8-17(21-23(18)16-4-2-1-3-5-16)19(25)20-14-10-12-22(13-11-14)15-6-7-15/h1-5,14-15H,6-13H2,(H,20,25). The second-order valence-corrected chi connectivity index (χ2v) is 7.10. The van der Waals surface area contributed by atoms with Crippen LogP contribution >= 0.6 is 0 Å². The molecule has 2 aliphatic heterocycles. The first-order valence-corrected chi connectivity index (χ1v) is 9.21. The van der Waals surface area contributed by atoms with Crippen molar-refractivity contribution in [3.05, 3.63) is 30.3 Å². The van der Waals surface area contributed by atoms with Crippen LogP contribution < -0.4 is 10.3 Å². The number of hydrogen-bond acceptors (Lipinski definition) is 4. The molecule has 1 aromatic rings. The van der Waals surface area contributed by atoms with E-state index in [0.29, 0.717) is 24.2 Å². The smallest absolute Gasteiger partial charge is 0.267 e. The summed E-state index contributed by atoms with van der Waals surface area (Å²) in [5.41, 5.74) is 1.16. The van der Waals surface area contributed by atoms with Crippen molar-refractivity contribution in [1.29, 1.82) is 0 Å². The highest BCUT2D eigenvalue weighted by molar-refractivity contribution is 6.40. The number of para-hydroxylation sites is 1. The van der Waals surface area contributed by atoms with Gasteiger partial charge in [-0.05, 0) is 37.8 Å². The third-order valence-electron chi connectivity index (χ3n) is 5.22. The van der Waals surface area contributed by atoms with Crippen LogP contribution in [0.5, 0.6) is 0 Å². The van der Waals surface area contributed by atoms with Gasteiger partial charge in [0.2, 0.25) is 5.91 Å². The second kappa shape index (κ2) is 6.96. The number of hydrogen-bond donors (Lipinski definition) is 1. The van der Waals surface area contributed by atoms with E-state index in [2.05, 4.69) is 15.3 Å². The quantitative estimate of drug-likeness (QED) is 0.911. The van der Waals surface area contributed by atoms with Gasteiger partial charge in [-0.25, -0.2) is 5.01 Å². The predicted octanol–water partition coefficient (Wildman–Crippen LogP) is 1.91. The number of hydrazone groups is 1. The molecule has 0 atom stereocenters. The molecule has 1 saturated heterocycles. The topological polar surface area (TPSA) is 65.0 Å². The van der Waals surface area contributed by atoms with Crippen molar-refractivity contribution < 1.29 is 9.59 Å². The molecule has 0 unspecified atom stereocenters. The number of piperidine rings is 1. The van der Waals surface area contributed by atoms with Gasteiger partial charge in [0.15, 0.2) is 0 Å². The summed E-state index contributed by atoms with van der Waals surface area (Å²) in [6.45, 7) is 2.13.